The van der Waals surface area contributed by atoms with Gasteiger partial charge in [-0.2, -0.15) is 5.10 Å². The number of hydrogen-bond acceptors (Lipinski definition) is 3. The maximum atomic E-state index is 12.0. The van der Waals surface area contributed by atoms with E-state index in [1.807, 2.05) is 42.5 Å². The number of nitrogens with zero attached hydrogens (tertiary/aromatic N) is 1. The van der Waals surface area contributed by atoms with Crippen molar-refractivity contribution in [1.82, 2.24) is 10.7 Å². The molecule has 0 atom stereocenters. The van der Waals surface area contributed by atoms with E-state index >= 15 is 0 Å². The Kier molecular flexibility index (Phi) is 4.58. The molecular formula is C17H21N3O. The Morgan fingerprint density at radius 3 is 2.57 bits per heavy atom. The molecule has 4 nitrogen and oxygen atoms in total. The predicted octanol–water partition coefficient (Wildman–Crippen LogP) is 2.74. The summed E-state index contributed by atoms with van der Waals surface area (Å²) >= 11 is 0. The van der Waals surface area contributed by atoms with Gasteiger partial charge in [-0.25, -0.2) is 5.43 Å². The summed E-state index contributed by atoms with van der Waals surface area (Å²) < 4.78 is 0. The third-order valence-electron chi connectivity index (χ3n) is 3.22. The molecule has 1 amide bonds. The zero-order valence-electron chi connectivity index (χ0n) is 12.7. The molecule has 0 spiro atoms. The lowest BCUT2D eigenvalue weighted by Crippen LogP contribution is -2.21. The molecular weight excluding hydrogens is 262 g/mol. The van der Waals surface area contributed by atoms with Crippen LogP contribution in [0.5, 0.6) is 0 Å². The fraction of sp³-hybridized carbons (Fsp3) is 0.294. The first-order valence-electron chi connectivity index (χ1n) is 7.01. The third-order valence-corrected chi connectivity index (χ3v) is 3.22. The van der Waals surface area contributed by atoms with Gasteiger partial charge in [0.05, 0.1) is 11.9 Å². The van der Waals surface area contributed by atoms with Crippen LogP contribution >= 0.6 is 0 Å². The van der Waals surface area contributed by atoms with E-state index in [1.54, 1.807) is 6.21 Å². The molecule has 2 rings (SSSR count). The Bertz CT molecular complexity index is 589. The van der Waals surface area contributed by atoms with Crippen LogP contribution < -0.4 is 10.7 Å². The number of hydrazone groups is 1. The van der Waals surface area contributed by atoms with Gasteiger partial charge in [-0.05, 0) is 29.2 Å². The van der Waals surface area contributed by atoms with Crippen LogP contribution in [0.4, 0.5) is 0 Å². The van der Waals surface area contributed by atoms with Crippen molar-refractivity contribution in [3.8, 4) is 0 Å². The maximum Gasteiger partial charge on any atom is 0.271 e. The van der Waals surface area contributed by atoms with Crippen LogP contribution in [0, 0.1) is 0 Å². The Morgan fingerprint density at radius 1 is 1.29 bits per heavy atom. The fourth-order valence-corrected chi connectivity index (χ4v) is 1.91. The Hall–Kier alpha value is -2.36. The molecule has 21 heavy (non-hydrogen) atoms. The van der Waals surface area contributed by atoms with Gasteiger partial charge in [-0.3, -0.25) is 4.79 Å². The predicted molar refractivity (Wildman–Crippen MR) is 86.3 cm³/mol. The molecule has 1 aromatic carbocycles. The fourth-order valence-electron chi connectivity index (χ4n) is 1.91. The second kappa shape index (κ2) is 6.39. The molecule has 0 aromatic heterocycles. The summed E-state index contributed by atoms with van der Waals surface area (Å²) in [6.07, 6.45) is 7.46. The van der Waals surface area contributed by atoms with Gasteiger partial charge < -0.3 is 5.32 Å². The van der Waals surface area contributed by atoms with Gasteiger partial charge in [0.1, 0.15) is 0 Å². The van der Waals surface area contributed by atoms with Crippen molar-refractivity contribution in [2.45, 2.75) is 26.2 Å². The molecule has 0 bridgehead atoms. The van der Waals surface area contributed by atoms with E-state index < -0.39 is 0 Å². The molecule has 0 fully saturated rings. The van der Waals surface area contributed by atoms with Crippen molar-refractivity contribution in [3.05, 3.63) is 59.3 Å². The molecule has 0 saturated carbocycles. The van der Waals surface area contributed by atoms with Gasteiger partial charge in [0.2, 0.25) is 0 Å². The average molecular weight is 283 g/mol. The van der Waals surface area contributed by atoms with Crippen LogP contribution in [0.25, 0.3) is 0 Å². The smallest absolute Gasteiger partial charge is 0.271 e. The number of nitrogens with one attached hydrogen (secondary N) is 2. The monoisotopic (exact) mass is 283 g/mol. The van der Waals surface area contributed by atoms with Crippen LogP contribution in [0.2, 0.25) is 0 Å². The summed E-state index contributed by atoms with van der Waals surface area (Å²) in [6.45, 7) is 7.21. The highest BCUT2D eigenvalue weighted by Crippen LogP contribution is 2.22. The normalized spacial score (nSPS) is 14.7. The molecule has 2 N–H and O–H groups in total. The highest BCUT2D eigenvalue weighted by molar-refractivity contribution is 5.94. The molecule has 0 unspecified atom stereocenters. The standard InChI is InChI=1S/C17H21N3O/c1-17(2,3)14-9-7-13(8-10-14)16(21)20-19-12-15-6-4-5-11-18-15/h4-10,12,18H,11H2,1-3H3,(H,20,21)/b19-12+. The number of amides is 1. The Labute approximate surface area is 125 Å². The number of rotatable bonds is 3. The second-order valence-corrected chi connectivity index (χ2v) is 5.96. The topological polar surface area (TPSA) is 53.5 Å². The molecule has 0 saturated heterocycles. The number of dihydropyridines is 1. The average Bonchev–Trinajstić information content (AvgIpc) is 2.47. The minimum atomic E-state index is -0.210. The first kappa shape index (κ1) is 15.0. The molecule has 0 radical (unpaired) electrons. The SMILES string of the molecule is CC(C)(C)c1ccc(C(=O)N/N=C/C2=CC=CCN2)cc1. The van der Waals surface area contributed by atoms with E-state index in [4.69, 9.17) is 0 Å². The van der Waals surface area contributed by atoms with E-state index in [2.05, 4.69) is 36.6 Å². The number of carbonyl (C=O) groups excluding carboxylic acids is 1. The number of benzene rings is 1. The van der Waals surface area contributed by atoms with E-state index in [0.29, 0.717) is 5.56 Å². The molecule has 110 valence electrons. The molecule has 1 heterocycles. The van der Waals surface area contributed by atoms with Crippen molar-refractivity contribution in [2.24, 2.45) is 5.10 Å². The molecule has 1 aromatic rings. The molecule has 1 aliphatic rings. The van der Waals surface area contributed by atoms with E-state index in [0.717, 1.165) is 12.2 Å². The first-order valence-corrected chi connectivity index (χ1v) is 7.01. The van der Waals surface area contributed by atoms with E-state index in [9.17, 15) is 4.79 Å². The van der Waals surface area contributed by atoms with Gasteiger partial charge in [0, 0.05) is 12.1 Å². The van der Waals surface area contributed by atoms with Gasteiger partial charge in [-0.1, -0.05) is 45.1 Å². The van der Waals surface area contributed by atoms with Crippen molar-refractivity contribution in [1.29, 1.82) is 0 Å². The lowest BCUT2D eigenvalue weighted by molar-refractivity contribution is 0.0955. The van der Waals surface area contributed by atoms with Gasteiger partial charge in [-0.15, -0.1) is 0 Å². The largest absolute Gasteiger partial charge is 0.380 e. The molecule has 4 heteroatoms. The highest BCUT2D eigenvalue weighted by atomic mass is 16.2. The Balaban J connectivity index is 1.96. The first-order chi connectivity index (χ1) is 9.97. The quantitative estimate of drug-likeness (QED) is 0.662. The van der Waals surface area contributed by atoms with Crippen LogP contribution in [-0.2, 0) is 5.41 Å². The van der Waals surface area contributed by atoms with Crippen molar-refractivity contribution in [3.63, 3.8) is 0 Å². The minimum absolute atomic E-state index is 0.0831. The van der Waals surface area contributed by atoms with Gasteiger partial charge in [0.25, 0.3) is 5.91 Å². The summed E-state index contributed by atoms with van der Waals surface area (Å²) in [5, 5.41) is 7.08. The zero-order valence-corrected chi connectivity index (χ0v) is 12.7. The lowest BCUT2D eigenvalue weighted by atomic mass is 9.87. The molecule has 1 aliphatic heterocycles. The number of allylic oxidation sites excluding steroid dienone is 3. The number of hydrogen-bond donors (Lipinski definition) is 2. The second-order valence-electron chi connectivity index (χ2n) is 5.96. The summed E-state index contributed by atoms with van der Waals surface area (Å²) in [4.78, 5) is 12.0. The zero-order chi connectivity index (χ0) is 15.3. The van der Waals surface area contributed by atoms with Crippen molar-refractivity contribution in [2.75, 3.05) is 6.54 Å². The van der Waals surface area contributed by atoms with Crippen LogP contribution in [-0.4, -0.2) is 18.7 Å². The summed E-state index contributed by atoms with van der Waals surface area (Å²) in [7, 11) is 0. The number of carbonyl (C=O) groups is 1. The summed E-state index contributed by atoms with van der Waals surface area (Å²) in [5.74, 6) is -0.210. The van der Waals surface area contributed by atoms with Gasteiger partial charge >= 0.3 is 0 Å². The van der Waals surface area contributed by atoms with E-state index in [1.165, 1.54) is 5.56 Å². The van der Waals surface area contributed by atoms with Gasteiger partial charge in [0.15, 0.2) is 0 Å². The lowest BCUT2D eigenvalue weighted by Gasteiger charge is -2.18. The van der Waals surface area contributed by atoms with E-state index in [-0.39, 0.29) is 11.3 Å². The van der Waals surface area contributed by atoms with Crippen LogP contribution in [0.15, 0.2) is 53.3 Å². The van der Waals surface area contributed by atoms with Crippen LogP contribution in [0.3, 0.4) is 0 Å². The molecule has 0 aliphatic carbocycles. The van der Waals surface area contributed by atoms with Crippen molar-refractivity contribution >= 4 is 12.1 Å². The Morgan fingerprint density at radius 2 is 2.00 bits per heavy atom. The highest BCUT2D eigenvalue weighted by Gasteiger charge is 2.14. The summed E-state index contributed by atoms with van der Waals surface area (Å²) in [6, 6.07) is 7.61. The summed E-state index contributed by atoms with van der Waals surface area (Å²) in [5.41, 5.74) is 5.29. The minimum Gasteiger partial charge on any atom is -0.380 e. The third kappa shape index (κ3) is 4.31. The van der Waals surface area contributed by atoms with Crippen molar-refractivity contribution < 1.29 is 4.79 Å². The van der Waals surface area contributed by atoms with Crippen LogP contribution in [0.1, 0.15) is 36.7 Å². The maximum absolute atomic E-state index is 12.0.